The number of phenolic OH excluding ortho intramolecular Hbond substituents is 1. The van der Waals surface area contributed by atoms with Gasteiger partial charge in [-0.2, -0.15) is 0 Å². The van der Waals surface area contributed by atoms with Crippen molar-refractivity contribution in [3.05, 3.63) is 77.3 Å². The quantitative estimate of drug-likeness (QED) is 0.508. The van der Waals surface area contributed by atoms with E-state index in [1.165, 1.54) is 37.4 Å². The summed E-state index contributed by atoms with van der Waals surface area (Å²) in [5.41, 5.74) is 0.576. The molecule has 29 heavy (non-hydrogen) atoms. The number of anilines is 2. The van der Waals surface area contributed by atoms with Crippen LogP contribution in [0.15, 0.2) is 71.6 Å². The molecule has 0 aliphatic heterocycles. The van der Waals surface area contributed by atoms with Gasteiger partial charge >= 0.3 is 0 Å². The Morgan fingerprint density at radius 2 is 1.72 bits per heavy atom. The van der Waals surface area contributed by atoms with Gasteiger partial charge in [0.25, 0.3) is 15.9 Å². The zero-order valence-corrected chi connectivity index (χ0v) is 16.8. The van der Waals surface area contributed by atoms with Gasteiger partial charge in [-0.1, -0.05) is 23.7 Å². The second kappa shape index (κ2) is 8.42. The molecule has 0 atom stereocenters. The van der Waals surface area contributed by atoms with Crippen LogP contribution in [0.2, 0.25) is 5.02 Å². The van der Waals surface area contributed by atoms with Crippen LogP contribution in [0, 0.1) is 0 Å². The normalized spacial score (nSPS) is 11.0. The Hall–Kier alpha value is -3.23. The fourth-order valence-electron chi connectivity index (χ4n) is 2.49. The van der Waals surface area contributed by atoms with Crippen LogP contribution in [0.25, 0.3) is 0 Å². The summed E-state index contributed by atoms with van der Waals surface area (Å²) in [6, 6.07) is 16.4. The molecule has 3 N–H and O–H groups in total. The molecular weight excluding hydrogens is 416 g/mol. The lowest BCUT2D eigenvalue weighted by molar-refractivity contribution is 0.102. The third-order valence-corrected chi connectivity index (χ3v) is 5.84. The van der Waals surface area contributed by atoms with Gasteiger partial charge in [-0.05, 0) is 54.6 Å². The Morgan fingerprint density at radius 3 is 2.38 bits per heavy atom. The summed E-state index contributed by atoms with van der Waals surface area (Å²) in [6.45, 7) is 0. The van der Waals surface area contributed by atoms with Gasteiger partial charge in [0.15, 0.2) is 0 Å². The van der Waals surface area contributed by atoms with E-state index in [0.717, 1.165) is 0 Å². The Kier molecular flexibility index (Phi) is 5.95. The SMILES string of the molecule is COc1ccc(NS(=O)(=O)c2cc(C(=O)Nc3ccccc3O)ccc2Cl)cc1. The molecule has 7 nitrogen and oxygen atoms in total. The van der Waals surface area contributed by atoms with Crippen LogP contribution < -0.4 is 14.8 Å². The highest BCUT2D eigenvalue weighted by atomic mass is 35.5. The number of ether oxygens (including phenoxy) is 1. The van der Waals surface area contributed by atoms with Gasteiger partial charge in [0.2, 0.25) is 0 Å². The summed E-state index contributed by atoms with van der Waals surface area (Å²) >= 11 is 6.07. The van der Waals surface area contributed by atoms with Crippen molar-refractivity contribution in [2.24, 2.45) is 0 Å². The van der Waals surface area contributed by atoms with Crippen molar-refractivity contribution in [3.8, 4) is 11.5 Å². The average molecular weight is 433 g/mol. The number of carbonyl (C=O) groups excluding carboxylic acids is 1. The molecule has 0 aromatic heterocycles. The Balaban J connectivity index is 1.87. The highest BCUT2D eigenvalue weighted by Crippen LogP contribution is 2.27. The number of phenols is 1. The molecule has 0 heterocycles. The van der Waals surface area contributed by atoms with Crippen LogP contribution in [-0.4, -0.2) is 26.5 Å². The van der Waals surface area contributed by atoms with Crippen molar-refractivity contribution in [2.45, 2.75) is 4.90 Å². The standard InChI is InChI=1S/C20H17ClN2O5S/c1-28-15-9-7-14(8-10-15)23-29(26,27)19-12-13(6-11-16(19)21)20(25)22-17-4-2-3-5-18(17)24/h2-12,23-24H,1H3,(H,22,25). The lowest BCUT2D eigenvalue weighted by Gasteiger charge is -2.12. The molecular formula is C20H17ClN2O5S. The van der Waals surface area contributed by atoms with E-state index in [1.54, 1.807) is 36.4 Å². The molecule has 0 spiro atoms. The number of amides is 1. The first-order chi connectivity index (χ1) is 13.8. The van der Waals surface area contributed by atoms with Crippen molar-refractivity contribution in [1.29, 1.82) is 0 Å². The van der Waals surface area contributed by atoms with Gasteiger partial charge in [0.05, 0.1) is 17.8 Å². The number of sulfonamides is 1. The number of para-hydroxylation sites is 2. The molecule has 0 bridgehead atoms. The maximum absolute atomic E-state index is 12.8. The number of halogens is 1. The van der Waals surface area contributed by atoms with E-state index in [4.69, 9.17) is 16.3 Å². The second-order valence-electron chi connectivity index (χ2n) is 5.95. The van der Waals surface area contributed by atoms with E-state index in [0.29, 0.717) is 11.4 Å². The number of methoxy groups -OCH3 is 1. The van der Waals surface area contributed by atoms with Crippen molar-refractivity contribution in [2.75, 3.05) is 17.1 Å². The molecule has 1 amide bonds. The van der Waals surface area contributed by atoms with Crippen LogP contribution >= 0.6 is 11.6 Å². The summed E-state index contributed by atoms with van der Waals surface area (Å²) in [4.78, 5) is 12.2. The lowest BCUT2D eigenvalue weighted by Crippen LogP contribution is -2.16. The predicted molar refractivity (Wildman–Crippen MR) is 111 cm³/mol. The summed E-state index contributed by atoms with van der Waals surface area (Å²) in [5, 5.41) is 12.3. The van der Waals surface area contributed by atoms with Crippen LogP contribution in [0.1, 0.15) is 10.4 Å². The minimum Gasteiger partial charge on any atom is -0.506 e. The molecule has 0 aliphatic carbocycles. The number of carbonyl (C=O) groups is 1. The monoisotopic (exact) mass is 432 g/mol. The average Bonchev–Trinajstić information content (AvgIpc) is 2.70. The molecule has 3 aromatic carbocycles. The largest absolute Gasteiger partial charge is 0.506 e. The summed E-state index contributed by atoms with van der Waals surface area (Å²) in [5.74, 6) is -0.123. The topological polar surface area (TPSA) is 105 Å². The van der Waals surface area contributed by atoms with E-state index in [-0.39, 0.29) is 26.9 Å². The first kappa shape index (κ1) is 20.5. The van der Waals surface area contributed by atoms with Gasteiger partial charge in [-0.25, -0.2) is 8.42 Å². The first-order valence-corrected chi connectivity index (χ1v) is 10.2. The smallest absolute Gasteiger partial charge is 0.263 e. The maximum Gasteiger partial charge on any atom is 0.263 e. The number of hydrogen-bond donors (Lipinski definition) is 3. The summed E-state index contributed by atoms with van der Waals surface area (Å²) in [7, 11) is -2.55. The van der Waals surface area contributed by atoms with E-state index < -0.39 is 15.9 Å². The Bertz CT molecular complexity index is 1150. The van der Waals surface area contributed by atoms with Crippen LogP contribution in [-0.2, 0) is 10.0 Å². The molecule has 0 fully saturated rings. The number of benzene rings is 3. The van der Waals surface area contributed by atoms with Crippen LogP contribution in [0.4, 0.5) is 11.4 Å². The Morgan fingerprint density at radius 1 is 1.03 bits per heavy atom. The maximum atomic E-state index is 12.8. The summed E-state index contributed by atoms with van der Waals surface area (Å²) in [6.07, 6.45) is 0. The number of rotatable bonds is 6. The fraction of sp³-hybridized carbons (Fsp3) is 0.0500. The van der Waals surface area contributed by atoms with E-state index in [9.17, 15) is 18.3 Å². The zero-order chi connectivity index (χ0) is 21.0. The Labute approximate surface area is 173 Å². The third kappa shape index (κ3) is 4.79. The molecule has 0 unspecified atom stereocenters. The molecule has 9 heteroatoms. The van der Waals surface area contributed by atoms with Crippen LogP contribution in [0.5, 0.6) is 11.5 Å². The fourth-order valence-corrected chi connectivity index (χ4v) is 4.08. The molecule has 0 radical (unpaired) electrons. The van der Waals surface area contributed by atoms with Crippen molar-refractivity contribution >= 4 is 38.9 Å². The van der Waals surface area contributed by atoms with Crippen molar-refractivity contribution in [1.82, 2.24) is 0 Å². The molecule has 3 aromatic rings. The van der Waals surface area contributed by atoms with Gasteiger partial charge in [0, 0.05) is 11.3 Å². The minimum atomic E-state index is -4.05. The highest BCUT2D eigenvalue weighted by Gasteiger charge is 2.21. The third-order valence-electron chi connectivity index (χ3n) is 3.98. The number of hydrogen-bond acceptors (Lipinski definition) is 5. The van der Waals surface area contributed by atoms with Gasteiger partial charge in [-0.3, -0.25) is 9.52 Å². The van der Waals surface area contributed by atoms with Crippen molar-refractivity contribution < 1.29 is 23.1 Å². The summed E-state index contributed by atoms with van der Waals surface area (Å²) < 4.78 is 33.0. The van der Waals surface area contributed by atoms with E-state index in [2.05, 4.69) is 10.0 Å². The highest BCUT2D eigenvalue weighted by molar-refractivity contribution is 7.92. The predicted octanol–water partition coefficient (Wildman–Crippen LogP) is 4.11. The van der Waals surface area contributed by atoms with E-state index >= 15 is 0 Å². The second-order valence-corrected chi connectivity index (χ2v) is 8.01. The van der Waals surface area contributed by atoms with Crippen molar-refractivity contribution in [3.63, 3.8) is 0 Å². The number of aromatic hydroxyl groups is 1. The number of nitrogens with one attached hydrogen (secondary N) is 2. The molecule has 0 saturated carbocycles. The zero-order valence-electron chi connectivity index (χ0n) is 15.2. The van der Waals surface area contributed by atoms with Gasteiger partial charge in [0.1, 0.15) is 16.4 Å². The molecule has 0 saturated heterocycles. The molecule has 0 aliphatic rings. The minimum absolute atomic E-state index is 0.0369. The molecule has 150 valence electrons. The first-order valence-electron chi connectivity index (χ1n) is 8.36. The van der Waals surface area contributed by atoms with Gasteiger partial charge < -0.3 is 15.2 Å². The lowest BCUT2D eigenvalue weighted by atomic mass is 10.2. The molecule has 3 rings (SSSR count). The van der Waals surface area contributed by atoms with Crippen LogP contribution in [0.3, 0.4) is 0 Å². The van der Waals surface area contributed by atoms with Gasteiger partial charge in [-0.15, -0.1) is 0 Å². The van der Waals surface area contributed by atoms with E-state index in [1.807, 2.05) is 0 Å².